The van der Waals surface area contributed by atoms with Crippen LogP contribution >= 0.6 is 15.9 Å². The van der Waals surface area contributed by atoms with Gasteiger partial charge in [0, 0.05) is 4.47 Å². The molecular weight excluding hydrogens is 304 g/mol. The maximum atomic E-state index is 9.15. The predicted molar refractivity (Wildman–Crippen MR) is 80.4 cm³/mol. The van der Waals surface area contributed by atoms with Crippen molar-refractivity contribution in [2.45, 2.75) is 38.9 Å². The Kier molecular flexibility index (Phi) is 5.13. The molecule has 0 radical (unpaired) electrons. The van der Waals surface area contributed by atoms with Crippen molar-refractivity contribution in [3.63, 3.8) is 0 Å². The smallest absolute Gasteiger partial charge is 0.101 e. The molecule has 1 aromatic rings. The molecule has 0 aliphatic rings. The largest absolute Gasteiger partial charge is 0.192 e. The predicted octanol–water partition coefficient (Wildman–Crippen LogP) is 3.91. The topological polar surface area (TPSA) is 47.6 Å². The van der Waals surface area contributed by atoms with Crippen LogP contribution in [-0.2, 0) is 0 Å². The van der Waals surface area contributed by atoms with Gasteiger partial charge in [0.1, 0.15) is 12.1 Å². The van der Waals surface area contributed by atoms with Gasteiger partial charge in [0.15, 0.2) is 0 Å². The minimum absolute atomic E-state index is 0.458. The van der Waals surface area contributed by atoms with E-state index >= 15 is 0 Å². The molecule has 94 valence electrons. The van der Waals surface area contributed by atoms with Crippen LogP contribution in [0.1, 0.15) is 31.9 Å². The third kappa shape index (κ3) is 2.50. The van der Waals surface area contributed by atoms with Crippen molar-refractivity contribution in [3.8, 4) is 12.1 Å². The van der Waals surface area contributed by atoms with Crippen LogP contribution in [0.25, 0.3) is 0 Å². The first-order chi connectivity index (χ1) is 8.58. The Labute approximate surface area is 118 Å². The van der Waals surface area contributed by atoms with E-state index in [1.807, 2.05) is 6.07 Å². The number of nitrogens with zero attached hydrogens (tertiary/aromatic N) is 2. The molecule has 0 saturated carbocycles. The molecular formula is C14H17BrN2Si. The Bertz CT molecular complexity index is 514. The lowest BCUT2D eigenvalue weighted by Crippen LogP contribution is -2.46. The molecule has 0 bridgehead atoms. The lowest BCUT2D eigenvalue weighted by Gasteiger charge is -2.30. The van der Waals surface area contributed by atoms with Gasteiger partial charge in [-0.3, -0.25) is 0 Å². The van der Waals surface area contributed by atoms with E-state index in [4.69, 9.17) is 10.5 Å². The summed E-state index contributed by atoms with van der Waals surface area (Å²) in [4.78, 5) is 0. The Morgan fingerprint density at radius 3 is 1.83 bits per heavy atom. The maximum absolute atomic E-state index is 9.15. The van der Waals surface area contributed by atoms with Crippen LogP contribution in [-0.4, -0.2) is 8.07 Å². The van der Waals surface area contributed by atoms with Gasteiger partial charge in [0.2, 0.25) is 0 Å². The Morgan fingerprint density at radius 2 is 1.44 bits per heavy atom. The second kappa shape index (κ2) is 6.18. The molecule has 0 heterocycles. The molecule has 0 aliphatic carbocycles. The molecule has 0 aliphatic heterocycles. The Balaban J connectivity index is 3.52. The number of hydrogen-bond donors (Lipinski definition) is 0. The number of hydrogen-bond acceptors (Lipinski definition) is 2. The molecule has 0 unspecified atom stereocenters. The second-order valence-electron chi connectivity index (χ2n) is 4.44. The first-order valence-electron chi connectivity index (χ1n) is 6.22. The average molecular weight is 321 g/mol. The molecule has 0 amide bonds. The number of nitriles is 2. The van der Waals surface area contributed by atoms with Gasteiger partial charge in [-0.15, -0.1) is 0 Å². The van der Waals surface area contributed by atoms with Gasteiger partial charge in [0.05, 0.1) is 19.2 Å². The van der Waals surface area contributed by atoms with Crippen molar-refractivity contribution in [1.82, 2.24) is 0 Å². The molecule has 0 fully saturated rings. The standard InChI is InChI=1S/C14H17BrN2Si/c1-4-18(5-2,6-3)14-8-12(10-17)11(9-16)7-13(14)15/h7-8H,4-6H2,1-3H3. The summed E-state index contributed by atoms with van der Waals surface area (Å²) in [7, 11) is -1.53. The molecule has 0 saturated heterocycles. The van der Waals surface area contributed by atoms with Crippen LogP contribution in [0.4, 0.5) is 0 Å². The summed E-state index contributed by atoms with van der Waals surface area (Å²) in [6.45, 7) is 6.70. The maximum Gasteiger partial charge on any atom is 0.101 e. The lowest BCUT2D eigenvalue weighted by molar-refractivity contribution is 1.19. The first kappa shape index (κ1) is 15.0. The summed E-state index contributed by atoms with van der Waals surface area (Å²) in [5.41, 5.74) is 0.960. The third-order valence-corrected chi connectivity index (χ3v) is 10.6. The minimum Gasteiger partial charge on any atom is -0.192 e. The number of benzene rings is 1. The van der Waals surface area contributed by atoms with Gasteiger partial charge in [-0.1, -0.05) is 54.8 Å². The van der Waals surface area contributed by atoms with E-state index in [-0.39, 0.29) is 0 Å². The number of halogens is 1. The summed E-state index contributed by atoms with van der Waals surface area (Å²) < 4.78 is 0.996. The summed E-state index contributed by atoms with van der Waals surface area (Å²) >= 11 is 3.58. The SMILES string of the molecule is CC[Si](CC)(CC)c1cc(C#N)c(C#N)cc1Br. The summed E-state index contributed by atoms with van der Waals surface area (Å²) in [5.74, 6) is 0. The molecule has 2 nitrogen and oxygen atoms in total. The summed E-state index contributed by atoms with van der Waals surface area (Å²) in [5, 5.41) is 19.5. The van der Waals surface area contributed by atoms with Gasteiger partial charge in [-0.2, -0.15) is 10.5 Å². The van der Waals surface area contributed by atoms with Gasteiger partial charge in [-0.05, 0) is 17.3 Å². The molecule has 0 atom stereocenters. The van der Waals surface area contributed by atoms with E-state index in [1.165, 1.54) is 5.19 Å². The Morgan fingerprint density at radius 1 is 1.00 bits per heavy atom. The van der Waals surface area contributed by atoms with Crippen LogP contribution in [0.5, 0.6) is 0 Å². The van der Waals surface area contributed by atoms with Crippen LogP contribution < -0.4 is 5.19 Å². The van der Waals surface area contributed by atoms with Crippen LogP contribution in [0.15, 0.2) is 16.6 Å². The monoisotopic (exact) mass is 320 g/mol. The fraction of sp³-hybridized carbons (Fsp3) is 0.429. The normalized spacial score (nSPS) is 10.8. The second-order valence-corrected chi connectivity index (χ2v) is 10.5. The Hall–Kier alpha value is -1.10. The highest BCUT2D eigenvalue weighted by Crippen LogP contribution is 2.26. The van der Waals surface area contributed by atoms with Crippen LogP contribution in [0.2, 0.25) is 18.1 Å². The molecule has 0 N–H and O–H groups in total. The molecule has 0 aromatic heterocycles. The van der Waals surface area contributed by atoms with Crippen molar-refractivity contribution >= 4 is 29.2 Å². The van der Waals surface area contributed by atoms with E-state index in [0.29, 0.717) is 11.1 Å². The zero-order chi connectivity index (χ0) is 13.8. The zero-order valence-electron chi connectivity index (χ0n) is 11.0. The average Bonchev–Trinajstić information content (AvgIpc) is 2.42. The highest BCUT2D eigenvalue weighted by molar-refractivity contribution is 9.10. The summed E-state index contributed by atoms with van der Waals surface area (Å²) in [6, 6.07) is 11.4. The van der Waals surface area contributed by atoms with Crippen molar-refractivity contribution in [2.75, 3.05) is 0 Å². The van der Waals surface area contributed by atoms with Crippen molar-refractivity contribution < 1.29 is 0 Å². The fourth-order valence-corrected chi connectivity index (χ4v) is 7.76. The molecule has 4 heteroatoms. The van der Waals surface area contributed by atoms with E-state index in [0.717, 1.165) is 22.6 Å². The summed E-state index contributed by atoms with van der Waals surface area (Å²) in [6.07, 6.45) is 0. The third-order valence-electron chi connectivity index (χ3n) is 3.95. The first-order valence-corrected chi connectivity index (χ1v) is 9.64. The van der Waals surface area contributed by atoms with Gasteiger partial charge in [0.25, 0.3) is 0 Å². The highest BCUT2D eigenvalue weighted by Gasteiger charge is 2.31. The van der Waals surface area contributed by atoms with Gasteiger partial charge >= 0.3 is 0 Å². The van der Waals surface area contributed by atoms with Crippen molar-refractivity contribution in [3.05, 3.63) is 27.7 Å². The van der Waals surface area contributed by atoms with E-state index in [2.05, 4.69) is 48.8 Å². The minimum atomic E-state index is -1.53. The van der Waals surface area contributed by atoms with Crippen molar-refractivity contribution in [1.29, 1.82) is 10.5 Å². The quantitative estimate of drug-likeness (QED) is 0.790. The van der Waals surface area contributed by atoms with Gasteiger partial charge in [-0.25, -0.2) is 0 Å². The molecule has 0 spiro atoms. The van der Waals surface area contributed by atoms with E-state index < -0.39 is 8.07 Å². The highest BCUT2D eigenvalue weighted by atomic mass is 79.9. The van der Waals surface area contributed by atoms with E-state index in [1.54, 1.807) is 6.07 Å². The molecule has 1 aromatic carbocycles. The van der Waals surface area contributed by atoms with Crippen LogP contribution in [0, 0.1) is 22.7 Å². The molecule has 1 rings (SSSR count). The molecule has 18 heavy (non-hydrogen) atoms. The van der Waals surface area contributed by atoms with E-state index in [9.17, 15) is 0 Å². The zero-order valence-corrected chi connectivity index (χ0v) is 13.6. The number of rotatable bonds is 4. The van der Waals surface area contributed by atoms with Gasteiger partial charge < -0.3 is 0 Å². The fourth-order valence-electron chi connectivity index (χ4n) is 2.49. The van der Waals surface area contributed by atoms with Crippen LogP contribution in [0.3, 0.4) is 0 Å². The van der Waals surface area contributed by atoms with Crippen molar-refractivity contribution in [2.24, 2.45) is 0 Å². The lowest BCUT2D eigenvalue weighted by atomic mass is 10.1.